The Morgan fingerprint density at radius 2 is 2.00 bits per heavy atom. The van der Waals surface area contributed by atoms with Crippen LogP contribution in [-0.4, -0.2) is 73.2 Å². The number of aromatic nitrogens is 1. The van der Waals surface area contributed by atoms with Gasteiger partial charge in [0.1, 0.15) is 12.2 Å². The van der Waals surface area contributed by atoms with Crippen LogP contribution in [-0.2, 0) is 27.2 Å². The van der Waals surface area contributed by atoms with Gasteiger partial charge in [-0.25, -0.2) is 4.98 Å². The van der Waals surface area contributed by atoms with E-state index in [1.165, 1.54) is 4.88 Å². The van der Waals surface area contributed by atoms with Crippen LogP contribution in [0, 0.1) is 0 Å². The number of nitrogens with zero attached hydrogens (tertiary/aromatic N) is 3. The van der Waals surface area contributed by atoms with Gasteiger partial charge in [0.25, 0.3) is 11.8 Å². The van der Waals surface area contributed by atoms with Crippen molar-refractivity contribution in [1.82, 2.24) is 14.8 Å². The predicted octanol–water partition coefficient (Wildman–Crippen LogP) is 3.57. The van der Waals surface area contributed by atoms with Crippen molar-refractivity contribution in [3.05, 3.63) is 69.8 Å². The highest BCUT2D eigenvalue weighted by molar-refractivity contribution is 7.15. The summed E-state index contributed by atoms with van der Waals surface area (Å²) < 4.78 is 10.9. The molecule has 1 aromatic heterocycles. The average molecular weight is 509 g/mol. The summed E-state index contributed by atoms with van der Waals surface area (Å²) in [5.41, 5.74) is 3.22. The molecule has 0 bridgehead atoms. The summed E-state index contributed by atoms with van der Waals surface area (Å²) in [7, 11) is 5.34. The first-order chi connectivity index (χ1) is 17.5. The summed E-state index contributed by atoms with van der Waals surface area (Å²) >= 11 is 1.55. The van der Waals surface area contributed by atoms with Crippen molar-refractivity contribution >= 4 is 28.3 Å². The Hall–Kier alpha value is -2.85. The molecule has 1 aromatic carbocycles. The van der Waals surface area contributed by atoms with E-state index in [2.05, 4.69) is 22.2 Å². The van der Waals surface area contributed by atoms with Crippen LogP contribution in [0.3, 0.4) is 0 Å². The number of thiazole rings is 1. The molecule has 2 amide bonds. The number of amides is 2. The van der Waals surface area contributed by atoms with Crippen LogP contribution in [0.15, 0.2) is 48.1 Å². The average Bonchev–Trinajstić information content (AvgIpc) is 3.54. The molecule has 2 aliphatic heterocycles. The monoisotopic (exact) mass is 508 g/mol. The van der Waals surface area contributed by atoms with Crippen molar-refractivity contribution in [2.24, 2.45) is 0 Å². The van der Waals surface area contributed by atoms with Gasteiger partial charge in [-0.15, -0.1) is 11.3 Å². The first-order valence-electron chi connectivity index (χ1n) is 12.3. The Bertz CT molecular complexity index is 1210. The molecule has 1 N–H and O–H groups in total. The van der Waals surface area contributed by atoms with Crippen molar-refractivity contribution in [2.75, 3.05) is 39.7 Å². The highest BCUT2D eigenvalue weighted by Crippen LogP contribution is 2.34. The van der Waals surface area contributed by atoms with Crippen molar-refractivity contribution in [2.45, 2.75) is 44.1 Å². The largest absolute Gasteiger partial charge is 0.374 e. The Morgan fingerprint density at radius 3 is 2.81 bits per heavy atom. The Labute approximate surface area is 215 Å². The molecule has 8 nitrogen and oxygen atoms in total. The van der Waals surface area contributed by atoms with E-state index < -0.39 is 0 Å². The second-order valence-corrected chi connectivity index (χ2v) is 10.6. The number of carbonyl (C=O) groups excluding carboxylic acids is 2. The van der Waals surface area contributed by atoms with Crippen LogP contribution in [0.5, 0.6) is 0 Å². The smallest absolute Gasteiger partial charge is 0.257 e. The van der Waals surface area contributed by atoms with Gasteiger partial charge < -0.3 is 19.3 Å². The number of hydrogen-bond donors (Lipinski definition) is 1. The van der Waals surface area contributed by atoms with Crippen LogP contribution >= 0.6 is 11.3 Å². The van der Waals surface area contributed by atoms with E-state index in [1.54, 1.807) is 25.6 Å². The van der Waals surface area contributed by atoms with Crippen LogP contribution in [0.25, 0.3) is 0 Å². The van der Waals surface area contributed by atoms with Crippen LogP contribution in [0.1, 0.15) is 45.4 Å². The third-order valence-corrected chi connectivity index (χ3v) is 8.11. The van der Waals surface area contributed by atoms with E-state index in [-0.39, 0.29) is 30.1 Å². The molecule has 5 rings (SSSR count). The lowest BCUT2D eigenvalue weighted by Gasteiger charge is -2.28. The number of likely N-dealkylation sites (N-methyl/N-ethyl adjacent to an activating group) is 1. The SMILES string of the molecule is COC1C=CC(C(=O)N2CCC[C@@H]2c2cccc(C(=O)Nc3nc4c(s3)CN(C)CC4)c2)=CC1OC. The lowest BCUT2D eigenvalue weighted by Crippen LogP contribution is -2.35. The second-order valence-electron chi connectivity index (χ2n) is 9.49. The molecule has 36 heavy (non-hydrogen) atoms. The number of methoxy groups -OCH3 is 2. The summed E-state index contributed by atoms with van der Waals surface area (Å²) in [6.45, 7) is 2.52. The maximum Gasteiger partial charge on any atom is 0.257 e. The van der Waals surface area contributed by atoms with Crippen molar-refractivity contribution in [1.29, 1.82) is 0 Å². The minimum Gasteiger partial charge on any atom is -0.374 e. The first-order valence-corrected chi connectivity index (χ1v) is 13.1. The van der Waals surface area contributed by atoms with E-state index in [0.29, 0.717) is 22.8 Å². The van der Waals surface area contributed by atoms with Crippen LogP contribution in [0.4, 0.5) is 5.13 Å². The van der Waals surface area contributed by atoms with Gasteiger partial charge in [0.05, 0.1) is 11.7 Å². The van der Waals surface area contributed by atoms with Gasteiger partial charge in [-0.3, -0.25) is 14.9 Å². The van der Waals surface area contributed by atoms with Crippen molar-refractivity contribution in [3.63, 3.8) is 0 Å². The van der Waals surface area contributed by atoms with E-state index in [0.717, 1.165) is 43.6 Å². The van der Waals surface area contributed by atoms with E-state index in [1.807, 2.05) is 47.4 Å². The first kappa shape index (κ1) is 24.8. The summed E-state index contributed by atoms with van der Waals surface area (Å²) in [6, 6.07) is 7.51. The number of anilines is 1. The fourth-order valence-corrected chi connectivity index (χ4v) is 6.23. The molecular formula is C27H32N4O4S. The molecule has 0 radical (unpaired) electrons. The van der Waals surface area contributed by atoms with Crippen LogP contribution < -0.4 is 5.32 Å². The Balaban J connectivity index is 1.31. The predicted molar refractivity (Wildman–Crippen MR) is 139 cm³/mol. The van der Waals surface area contributed by atoms with E-state index in [4.69, 9.17) is 9.47 Å². The zero-order valence-corrected chi connectivity index (χ0v) is 21.7. The lowest BCUT2D eigenvalue weighted by atomic mass is 9.98. The quantitative estimate of drug-likeness (QED) is 0.642. The zero-order chi connectivity index (χ0) is 25.2. The molecule has 2 unspecified atom stereocenters. The molecule has 3 heterocycles. The molecule has 0 spiro atoms. The molecule has 190 valence electrons. The number of benzene rings is 1. The number of hydrogen-bond acceptors (Lipinski definition) is 7. The fourth-order valence-electron chi connectivity index (χ4n) is 5.15. The van der Waals surface area contributed by atoms with Gasteiger partial charge in [0, 0.05) is 56.3 Å². The Kier molecular flexibility index (Phi) is 7.34. The maximum absolute atomic E-state index is 13.4. The van der Waals surface area contributed by atoms with Gasteiger partial charge in [-0.1, -0.05) is 24.3 Å². The Morgan fingerprint density at radius 1 is 1.17 bits per heavy atom. The number of carbonyl (C=O) groups is 2. The van der Waals surface area contributed by atoms with Gasteiger partial charge in [-0.05, 0) is 43.7 Å². The van der Waals surface area contributed by atoms with Crippen LogP contribution in [0.2, 0.25) is 0 Å². The molecule has 1 aliphatic carbocycles. The molecule has 1 fully saturated rings. The molecule has 3 atom stereocenters. The lowest BCUT2D eigenvalue weighted by molar-refractivity contribution is -0.127. The molecule has 1 saturated heterocycles. The van der Waals surface area contributed by atoms with Gasteiger partial charge >= 0.3 is 0 Å². The zero-order valence-electron chi connectivity index (χ0n) is 20.9. The van der Waals surface area contributed by atoms with Crippen molar-refractivity contribution in [3.8, 4) is 0 Å². The number of rotatable bonds is 6. The number of likely N-dealkylation sites (tertiary alicyclic amines) is 1. The minimum atomic E-state index is -0.302. The third kappa shape index (κ3) is 5.01. The fraction of sp³-hybridized carbons (Fsp3) is 0.444. The molecule has 9 heteroatoms. The van der Waals surface area contributed by atoms with E-state index in [9.17, 15) is 9.59 Å². The summed E-state index contributed by atoms with van der Waals surface area (Å²) in [5.74, 6) is -0.211. The number of ether oxygens (including phenoxy) is 2. The molecule has 3 aliphatic rings. The topological polar surface area (TPSA) is 84.0 Å². The van der Waals surface area contributed by atoms with E-state index >= 15 is 0 Å². The van der Waals surface area contributed by atoms with Gasteiger partial charge in [-0.2, -0.15) is 0 Å². The molecular weight excluding hydrogens is 476 g/mol. The highest BCUT2D eigenvalue weighted by Gasteiger charge is 2.33. The summed E-state index contributed by atoms with van der Waals surface area (Å²) in [5, 5.41) is 3.62. The molecule has 2 aromatic rings. The molecule has 0 saturated carbocycles. The minimum absolute atomic E-state index is 0.0291. The second kappa shape index (κ2) is 10.6. The van der Waals surface area contributed by atoms with Gasteiger partial charge in [0.2, 0.25) is 0 Å². The standard InChI is InChI=1S/C27H32N4O4S/c1-30-13-11-20-24(16-30)36-27(28-20)29-25(32)18-7-4-6-17(14-18)21-8-5-12-31(21)26(33)19-9-10-22(34-2)23(15-19)35-3/h4,6-7,9-10,14-15,21-23H,5,8,11-13,16H2,1-3H3,(H,28,29,32)/t21-,22?,23?/m1/s1. The van der Waals surface area contributed by atoms with Gasteiger partial charge in [0.15, 0.2) is 5.13 Å². The summed E-state index contributed by atoms with van der Waals surface area (Å²) in [4.78, 5) is 36.5. The number of fused-ring (bicyclic) bond motifs is 1. The number of nitrogens with one attached hydrogen (secondary N) is 1. The summed E-state index contributed by atoms with van der Waals surface area (Å²) in [6.07, 6.45) is 7.68. The maximum atomic E-state index is 13.4. The normalized spacial score (nSPS) is 23.9. The highest BCUT2D eigenvalue weighted by atomic mass is 32.1. The third-order valence-electron chi connectivity index (χ3n) is 7.11. The van der Waals surface area contributed by atoms with Crippen molar-refractivity contribution < 1.29 is 19.1 Å².